The van der Waals surface area contributed by atoms with Crippen LogP contribution in [-0.2, 0) is 6.54 Å². The second-order valence-corrected chi connectivity index (χ2v) is 4.42. The van der Waals surface area contributed by atoms with E-state index in [1.165, 1.54) is 11.1 Å². The van der Waals surface area contributed by atoms with Crippen molar-refractivity contribution in [1.82, 2.24) is 9.38 Å². The van der Waals surface area contributed by atoms with Crippen molar-refractivity contribution < 1.29 is 0 Å². The standard InChI is InChI=1S/C15H15N3/c1-11-9-12(10-16)5-6-13(11)14-3-2-4-15-17-7-8-18(14)15/h2-9H,10,16H2,1H3. The number of nitrogens with two attached hydrogens (primary N) is 1. The minimum absolute atomic E-state index is 0.580. The van der Waals surface area contributed by atoms with Gasteiger partial charge in [-0.25, -0.2) is 4.98 Å². The first-order chi connectivity index (χ1) is 8.79. The van der Waals surface area contributed by atoms with Crippen molar-refractivity contribution >= 4 is 5.65 Å². The Hall–Kier alpha value is -2.13. The Balaban J connectivity index is 2.23. The zero-order chi connectivity index (χ0) is 12.5. The van der Waals surface area contributed by atoms with Crippen molar-refractivity contribution in [3.05, 3.63) is 59.9 Å². The van der Waals surface area contributed by atoms with Gasteiger partial charge in [0.1, 0.15) is 5.65 Å². The maximum absolute atomic E-state index is 5.67. The van der Waals surface area contributed by atoms with E-state index in [0.29, 0.717) is 6.54 Å². The summed E-state index contributed by atoms with van der Waals surface area (Å²) in [5.74, 6) is 0. The van der Waals surface area contributed by atoms with Gasteiger partial charge in [-0.2, -0.15) is 0 Å². The van der Waals surface area contributed by atoms with Gasteiger partial charge in [-0.3, -0.25) is 4.40 Å². The van der Waals surface area contributed by atoms with Crippen molar-refractivity contribution in [1.29, 1.82) is 0 Å². The van der Waals surface area contributed by atoms with Crippen molar-refractivity contribution in [2.75, 3.05) is 0 Å². The van der Waals surface area contributed by atoms with Gasteiger partial charge in [-0.15, -0.1) is 0 Å². The molecule has 2 aromatic heterocycles. The van der Waals surface area contributed by atoms with E-state index >= 15 is 0 Å². The fraction of sp³-hybridized carbons (Fsp3) is 0.133. The summed E-state index contributed by atoms with van der Waals surface area (Å²) in [7, 11) is 0. The molecule has 0 saturated heterocycles. The lowest BCUT2D eigenvalue weighted by Crippen LogP contribution is -1.98. The van der Waals surface area contributed by atoms with Crippen molar-refractivity contribution in [3.63, 3.8) is 0 Å². The highest BCUT2D eigenvalue weighted by Crippen LogP contribution is 2.24. The zero-order valence-corrected chi connectivity index (χ0v) is 10.3. The van der Waals surface area contributed by atoms with Crippen molar-refractivity contribution in [3.8, 4) is 11.3 Å². The molecule has 0 atom stereocenters. The van der Waals surface area contributed by atoms with E-state index in [2.05, 4.69) is 40.6 Å². The number of aromatic nitrogens is 2. The fourth-order valence-electron chi connectivity index (χ4n) is 2.31. The topological polar surface area (TPSA) is 43.3 Å². The molecule has 3 heteroatoms. The molecule has 2 N–H and O–H groups in total. The molecule has 0 spiro atoms. The molecule has 90 valence electrons. The third-order valence-electron chi connectivity index (χ3n) is 3.23. The van der Waals surface area contributed by atoms with Crippen LogP contribution in [0.2, 0.25) is 0 Å². The summed E-state index contributed by atoms with van der Waals surface area (Å²) in [4.78, 5) is 4.31. The monoisotopic (exact) mass is 237 g/mol. The summed E-state index contributed by atoms with van der Waals surface area (Å²) in [6.45, 7) is 2.70. The molecule has 2 heterocycles. The number of aryl methyl sites for hydroxylation is 1. The normalized spacial score (nSPS) is 11.0. The summed E-state index contributed by atoms with van der Waals surface area (Å²) in [6.07, 6.45) is 3.81. The molecule has 0 aliphatic heterocycles. The predicted octanol–water partition coefficient (Wildman–Crippen LogP) is 2.77. The molecule has 0 saturated carbocycles. The highest BCUT2D eigenvalue weighted by Gasteiger charge is 2.06. The van der Waals surface area contributed by atoms with Crippen LogP contribution in [0.25, 0.3) is 16.9 Å². The third kappa shape index (κ3) is 1.69. The van der Waals surface area contributed by atoms with Gasteiger partial charge in [0.2, 0.25) is 0 Å². The molecule has 0 aliphatic rings. The van der Waals surface area contributed by atoms with Crippen molar-refractivity contribution in [2.24, 2.45) is 5.73 Å². The first kappa shape index (κ1) is 11.0. The lowest BCUT2D eigenvalue weighted by molar-refractivity contribution is 1.06. The summed E-state index contributed by atoms with van der Waals surface area (Å²) >= 11 is 0. The van der Waals surface area contributed by atoms with Gasteiger partial charge in [-0.1, -0.05) is 24.3 Å². The molecule has 0 fully saturated rings. The molecule has 3 aromatic rings. The second kappa shape index (κ2) is 4.27. The Morgan fingerprint density at radius 3 is 2.89 bits per heavy atom. The maximum atomic E-state index is 5.67. The number of fused-ring (bicyclic) bond motifs is 1. The van der Waals surface area contributed by atoms with Crippen LogP contribution in [0.4, 0.5) is 0 Å². The molecule has 0 aliphatic carbocycles. The van der Waals surface area contributed by atoms with Crippen LogP contribution in [0.15, 0.2) is 48.8 Å². The average molecular weight is 237 g/mol. The fourth-order valence-corrected chi connectivity index (χ4v) is 2.31. The van der Waals surface area contributed by atoms with Gasteiger partial charge >= 0.3 is 0 Å². The molecule has 0 bridgehead atoms. The first-order valence-electron chi connectivity index (χ1n) is 6.01. The molecule has 3 rings (SSSR count). The number of hydrogen-bond acceptors (Lipinski definition) is 2. The SMILES string of the molecule is Cc1cc(CN)ccc1-c1cccc2nccn12. The Morgan fingerprint density at radius 2 is 2.11 bits per heavy atom. The predicted molar refractivity (Wildman–Crippen MR) is 73.3 cm³/mol. The highest BCUT2D eigenvalue weighted by molar-refractivity contribution is 5.67. The molecular formula is C15H15N3. The summed E-state index contributed by atoms with van der Waals surface area (Å²) in [6, 6.07) is 12.5. The Morgan fingerprint density at radius 1 is 1.22 bits per heavy atom. The number of imidazole rings is 1. The van der Waals surface area contributed by atoms with Gasteiger partial charge in [0.15, 0.2) is 0 Å². The number of pyridine rings is 1. The van der Waals surface area contributed by atoms with Crippen molar-refractivity contribution in [2.45, 2.75) is 13.5 Å². The zero-order valence-electron chi connectivity index (χ0n) is 10.3. The van der Waals surface area contributed by atoms with Crippen LogP contribution in [0, 0.1) is 6.92 Å². The Kier molecular flexibility index (Phi) is 2.61. The Labute approximate surface area is 106 Å². The molecule has 0 radical (unpaired) electrons. The van der Waals surface area contributed by atoms with E-state index in [1.807, 2.05) is 24.5 Å². The van der Waals surface area contributed by atoms with Gasteiger partial charge in [0.25, 0.3) is 0 Å². The summed E-state index contributed by atoms with van der Waals surface area (Å²) in [5.41, 5.74) is 11.4. The van der Waals surface area contributed by atoms with E-state index in [4.69, 9.17) is 5.73 Å². The van der Waals surface area contributed by atoms with E-state index in [-0.39, 0.29) is 0 Å². The minimum atomic E-state index is 0.580. The van der Waals surface area contributed by atoms with Gasteiger partial charge in [-0.05, 0) is 30.2 Å². The van der Waals surface area contributed by atoms with Crippen LogP contribution >= 0.6 is 0 Å². The van der Waals surface area contributed by atoms with E-state index in [0.717, 1.165) is 16.9 Å². The molecule has 0 amide bonds. The average Bonchev–Trinajstić information content (AvgIpc) is 2.87. The van der Waals surface area contributed by atoms with Crippen LogP contribution in [-0.4, -0.2) is 9.38 Å². The van der Waals surface area contributed by atoms with E-state index in [9.17, 15) is 0 Å². The van der Waals surface area contributed by atoms with Crippen LogP contribution in [0.1, 0.15) is 11.1 Å². The van der Waals surface area contributed by atoms with Gasteiger partial charge in [0, 0.05) is 24.5 Å². The molecule has 3 nitrogen and oxygen atoms in total. The lowest BCUT2D eigenvalue weighted by Gasteiger charge is -2.10. The largest absolute Gasteiger partial charge is 0.326 e. The van der Waals surface area contributed by atoms with Gasteiger partial charge < -0.3 is 5.73 Å². The number of benzene rings is 1. The van der Waals surface area contributed by atoms with E-state index < -0.39 is 0 Å². The second-order valence-electron chi connectivity index (χ2n) is 4.42. The number of rotatable bonds is 2. The van der Waals surface area contributed by atoms with Crippen LogP contribution < -0.4 is 5.73 Å². The highest BCUT2D eigenvalue weighted by atomic mass is 15.0. The molecule has 0 unspecified atom stereocenters. The maximum Gasteiger partial charge on any atom is 0.137 e. The van der Waals surface area contributed by atoms with Crippen LogP contribution in [0.3, 0.4) is 0 Å². The quantitative estimate of drug-likeness (QED) is 0.744. The summed E-state index contributed by atoms with van der Waals surface area (Å²) < 4.78 is 2.10. The lowest BCUT2D eigenvalue weighted by atomic mass is 10.0. The third-order valence-corrected chi connectivity index (χ3v) is 3.23. The minimum Gasteiger partial charge on any atom is -0.326 e. The molecule has 18 heavy (non-hydrogen) atoms. The molecular weight excluding hydrogens is 222 g/mol. The number of hydrogen-bond donors (Lipinski definition) is 1. The number of nitrogens with zero attached hydrogens (tertiary/aromatic N) is 2. The summed E-state index contributed by atoms with van der Waals surface area (Å²) in [5, 5.41) is 0. The molecule has 1 aromatic carbocycles. The van der Waals surface area contributed by atoms with E-state index in [1.54, 1.807) is 0 Å². The Bertz CT molecular complexity index is 698. The van der Waals surface area contributed by atoms with Crippen LogP contribution in [0.5, 0.6) is 0 Å². The first-order valence-corrected chi connectivity index (χ1v) is 6.01. The smallest absolute Gasteiger partial charge is 0.137 e. The van der Waals surface area contributed by atoms with Gasteiger partial charge in [0.05, 0.1) is 5.69 Å².